The van der Waals surface area contributed by atoms with Gasteiger partial charge in [-0.2, -0.15) is 0 Å². The third-order valence-corrected chi connectivity index (χ3v) is 7.55. The van der Waals surface area contributed by atoms with Crippen molar-refractivity contribution in [1.82, 2.24) is 20.0 Å². The Hall–Kier alpha value is -4.32. The van der Waals surface area contributed by atoms with Gasteiger partial charge in [-0.15, -0.1) is 0 Å². The SMILES string of the molecule is CCCN1CC(=O)N[C@H]2CCN(C(=O)CN3CCOC3=O)C[C@@H]2OCc2cccc(c2)Oc2cc(ccc2OC)C1=O. The number of hydrogen-bond acceptors (Lipinski definition) is 8. The van der Waals surface area contributed by atoms with E-state index in [0.717, 1.165) is 5.56 Å². The van der Waals surface area contributed by atoms with Crippen LogP contribution in [-0.4, -0.2) is 104 Å². The van der Waals surface area contributed by atoms with Gasteiger partial charge in [0, 0.05) is 25.2 Å². The summed E-state index contributed by atoms with van der Waals surface area (Å²) in [4.78, 5) is 56.2. The first-order valence-electron chi connectivity index (χ1n) is 14.2. The highest BCUT2D eigenvalue weighted by molar-refractivity contribution is 5.97. The molecule has 0 spiro atoms. The molecule has 224 valence electrons. The van der Waals surface area contributed by atoms with E-state index in [1.165, 1.54) is 16.9 Å². The van der Waals surface area contributed by atoms with E-state index < -0.39 is 12.2 Å². The standard InChI is InChI=1S/C30H36N4O8/c1-3-10-33-17-27(35)31-23-9-11-32(28(36)18-34-12-13-40-30(34)38)16-26(23)41-19-20-5-4-6-22(14-20)42-25-15-21(29(33)37)7-8-24(25)39-2/h4-8,14-15,23,26H,3,9-13,16-19H2,1-2H3,(H,31,35)/t23-,26-/m0/s1. The van der Waals surface area contributed by atoms with Crippen LogP contribution in [0.15, 0.2) is 42.5 Å². The minimum absolute atomic E-state index is 0.0698. The first kappa shape index (κ1) is 29.2. The number of nitrogens with zero attached hydrogens (tertiary/aromatic N) is 3. The molecule has 3 aliphatic rings. The number of carbonyl (C=O) groups excluding carboxylic acids is 4. The zero-order valence-corrected chi connectivity index (χ0v) is 23.9. The fourth-order valence-electron chi connectivity index (χ4n) is 5.36. The van der Waals surface area contributed by atoms with Crippen LogP contribution >= 0.6 is 0 Å². The Bertz CT molecular complexity index is 1330. The van der Waals surface area contributed by atoms with E-state index in [4.69, 9.17) is 18.9 Å². The second kappa shape index (κ2) is 13.1. The van der Waals surface area contributed by atoms with Gasteiger partial charge in [0.1, 0.15) is 18.9 Å². The lowest BCUT2D eigenvalue weighted by Crippen LogP contribution is -2.58. The number of piperidine rings is 1. The van der Waals surface area contributed by atoms with Crippen molar-refractivity contribution in [2.24, 2.45) is 0 Å². The number of ether oxygens (including phenoxy) is 4. The lowest BCUT2D eigenvalue weighted by molar-refractivity contribution is -0.138. The maximum atomic E-state index is 13.5. The van der Waals surface area contributed by atoms with Crippen molar-refractivity contribution in [2.75, 3.05) is 53.0 Å². The molecule has 0 unspecified atom stereocenters. The highest BCUT2D eigenvalue weighted by atomic mass is 16.6. The lowest BCUT2D eigenvalue weighted by atomic mass is 10.0. The molecule has 12 heteroatoms. The number of benzene rings is 2. The van der Waals surface area contributed by atoms with Crippen molar-refractivity contribution in [3.8, 4) is 17.2 Å². The van der Waals surface area contributed by atoms with Crippen LogP contribution in [0.1, 0.15) is 35.7 Å². The molecular weight excluding hydrogens is 544 g/mol. The van der Waals surface area contributed by atoms with Crippen LogP contribution in [0.25, 0.3) is 0 Å². The van der Waals surface area contributed by atoms with Crippen molar-refractivity contribution in [1.29, 1.82) is 0 Å². The largest absolute Gasteiger partial charge is 0.493 e. The van der Waals surface area contributed by atoms with Crippen molar-refractivity contribution in [3.63, 3.8) is 0 Å². The zero-order chi connectivity index (χ0) is 29.6. The van der Waals surface area contributed by atoms with E-state index >= 15 is 0 Å². The Labute approximate surface area is 244 Å². The molecule has 2 fully saturated rings. The summed E-state index contributed by atoms with van der Waals surface area (Å²) in [5, 5.41) is 3.06. The van der Waals surface area contributed by atoms with Gasteiger partial charge in [0.25, 0.3) is 5.91 Å². The first-order chi connectivity index (χ1) is 20.3. The molecular formula is C30H36N4O8. The molecule has 2 aromatic rings. The Morgan fingerprint density at radius 1 is 1.10 bits per heavy atom. The maximum absolute atomic E-state index is 13.5. The van der Waals surface area contributed by atoms with Gasteiger partial charge < -0.3 is 34.1 Å². The van der Waals surface area contributed by atoms with Crippen LogP contribution in [0.3, 0.4) is 0 Å². The average molecular weight is 581 g/mol. The Balaban J connectivity index is 1.41. The molecule has 5 rings (SSSR count). The first-order valence-corrected chi connectivity index (χ1v) is 14.2. The summed E-state index contributed by atoms with van der Waals surface area (Å²) >= 11 is 0. The predicted octanol–water partition coefficient (Wildman–Crippen LogP) is 2.41. The number of methoxy groups -OCH3 is 1. The van der Waals surface area contributed by atoms with Gasteiger partial charge in [0.15, 0.2) is 11.5 Å². The number of nitrogens with one attached hydrogen (secondary N) is 1. The normalized spacial score (nSPS) is 21.3. The van der Waals surface area contributed by atoms with E-state index in [9.17, 15) is 19.2 Å². The molecule has 2 saturated heterocycles. The number of fused-ring (bicyclic) bond motifs is 5. The number of cyclic esters (lactones) is 1. The topological polar surface area (TPSA) is 127 Å². The number of hydrogen-bond donors (Lipinski definition) is 1. The molecule has 0 aromatic heterocycles. The fraction of sp³-hybridized carbons (Fsp3) is 0.467. The fourth-order valence-corrected chi connectivity index (χ4v) is 5.36. The number of carbonyl (C=O) groups is 4. The minimum Gasteiger partial charge on any atom is -0.493 e. The molecule has 4 amide bonds. The summed E-state index contributed by atoms with van der Waals surface area (Å²) < 4.78 is 22.9. The number of likely N-dealkylation sites (tertiary alicyclic amines) is 1. The molecule has 0 aliphatic carbocycles. The Morgan fingerprint density at radius 2 is 1.95 bits per heavy atom. The van der Waals surface area contributed by atoms with Crippen molar-refractivity contribution >= 4 is 23.8 Å². The Morgan fingerprint density at radius 3 is 2.71 bits per heavy atom. The van der Waals surface area contributed by atoms with E-state index in [0.29, 0.717) is 55.3 Å². The number of rotatable bonds is 5. The van der Waals surface area contributed by atoms with Crippen LogP contribution in [-0.2, 0) is 25.7 Å². The summed E-state index contributed by atoms with van der Waals surface area (Å²) in [6.45, 7) is 3.62. The van der Waals surface area contributed by atoms with Crippen molar-refractivity contribution < 1.29 is 38.1 Å². The summed E-state index contributed by atoms with van der Waals surface area (Å²) in [5.41, 5.74) is 1.21. The third kappa shape index (κ3) is 6.76. The van der Waals surface area contributed by atoms with Gasteiger partial charge in [-0.3, -0.25) is 19.3 Å². The molecule has 3 heterocycles. The zero-order valence-electron chi connectivity index (χ0n) is 23.9. The van der Waals surface area contributed by atoms with E-state index in [-0.39, 0.29) is 56.6 Å². The molecule has 4 bridgehead atoms. The van der Waals surface area contributed by atoms with Crippen LogP contribution in [0.5, 0.6) is 17.2 Å². The van der Waals surface area contributed by atoms with E-state index in [1.54, 1.807) is 29.2 Å². The second-order valence-electron chi connectivity index (χ2n) is 10.5. The highest BCUT2D eigenvalue weighted by Gasteiger charge is 2.35. The van der Waals surface area contributed by atoms with Gasteiger partial charge in [-0.25, -0.2) is 4.79 Å². The van der Waals surface area contributed by atoms with Crippen LogP contribution in [0.4, 0.5) is 4.79 Å². The molecule has 0 radical (unpaired) electrons. The summed E-state index contributed by atoms with van der Waals surface area (Å²) in [6.07, 6.45) is 0.114. The third-order valence-electron chi connectivity index (χ3n) is 7.55. The molecule has 2 atom stereocenters. The predicted molar refractivity (Wildman–Crippen MR) is 150 cm³/mol. The average Bonchev–Trinajstić information content (AvgIpc) is 3.39. The molecule has 2 aromatic carbocycles. The molecule has 42 heavy (non-hydrogen) atoms. The van der Waals surface area contributed by atoms with Gasteiger partial charge in [0.2, 0.25) is 11.8 Å². The van der Waals surface area contributed by atoms with Crippen LogP contribution in [0.2, 0.25) is 0 Å². The summed E-state index contributed by atoms with van der Waals surface area (Å²) in [5.74, 6) is 0.561. The minimum atomic E-state index is -0.516. The molecule has 3 aliphatic heterocycles. The second-order valence-corrected chi connectivity index (χ2v) is 10.5. The maximum Gasteiger partial charge on any atom is 0.410 e. The molecule has 0 saturated carbocycles. The lowest BCUT2D eigenvalue weighted by Gasteiger charge is -2.39. The summed E-state index contributed by atoms with van der Waals surface area (Å²) in [7, 11) is 1.53. The van der Waals surface area contributed by atoms with E-state index in [1.807, 2.05) is 25.1 Å². The van der Waals surface area contributed by atoms with Gasteiger partial charge in [-0.05, 0) is 48.7 Å². The molecule has 1 N–H and O–H groups in total. The van der Waals surface area contributed by atoms with Crippen molar-refractivity contribution in [3.05, 3.63) is 53.6 Å². The molecule has 12 nitrogen and oxygen atoms in total. The Kier molecular flexibility index (Phi) is 9.11. The highest BCUT2D eigenvalue weighted by Crippen LogP contribution is 2.33. The number of amides is 4. The van der Waals surface area contributed by atoms with E-state index in [2.05, 4.69) is 5.32 Å². The monoisotopic (exact) mass is 580 g/mol. The van der Waals surface area contributed by atoms with Gasteiger partial charge in [0.05, 0.1) is 39.0 Å². The van der Waals surface area contributed by atoms with Crippen LogP contribution in [0, 0.1) is 0 Å². The summed E-state index contributed by atoms with van der Waals surface area (Å²) in [6, 6.07) is 12.0. The quantitative estimate of drug-likeness (QED) is 0.572. The smallest absolute Gasteiger partial charge is 0.410 e. The van der Waals surface area contributed by atoms with Gasteiger partial charge >= 0.3 is 6.09 Å². The van der Waals surface area contributed by atoms with Gasteiger partial charge in [-0.1, -0.05) is 19.1 Å². The van der Waals surface area contributed by atoms with Crippen LogP contribution < -0.4 is 14.8 Å². The van der Waals surface area contributed by atoms with Crippen molar-refractivity contribution in [2.45, 2.75) is 38.5 Å².